The Hall–Kier alpha value is -4.09. The molecule has 170 valence electrons. The molecule has 5 heteroatoms. The lowest BCUT2D eigenvalue weighted by Gasteiger charge is -2.34. The fourth-order valence-electron chi connectivity index (χ4n) is 4.19. The Morgan fingerprint density at radius 3 is 2.41 bits per heavy atom. The molecule has 5 rings (SSSR count). The molecule has 1 N–H and O–H groups in total. The summed E-state index contributed by atoms with van der Waals surface area (Å²) in [5.74, 6) is -1.16. The highest BCUT2D eigenvalue weighted by Crippen LogP contribution is 2.42. The fourth-order valence-corrected chi connectivity index (χ4v) is 4.19. The van der Waals surface area contributed by atoms with Crippen LogP contribution in [0.1, 0.15) is 21.5 Å². The first kappa shape index (κ1) is 21.7. The monoisotopic (exact) mass is 452 g/mol. The van der Waals surface area contributed by atoms with E-state index in [9.17, 15) is 9.90 Å². The molecule has 0 radical (unpaired) electrons. The molecular weight excluding hydrogens is 428 g/mol. The minimum absolute atomic E-state index is 0.0463. The second-order valence-corrected chi connectivity index (χ2v) is 8.32. The van der Waals surface area contributed by atoms with Gasteiger partial charge in [-0.2, -0.15) is 0 Å². The van der Waals surface area contributed by atoms with Gasteiger partial charge < -0.3 is 19.3 Å². The Bertz CT molecular complexity index is 1380. The maximum Gasteiger partial charge on any atom is 0.338 e. The van der Waals surface area contributed by atoms with Gasteiger partial charge in [-0.1, -0.05) is 72.3 Å². The number of hydrogen-bond donors (Lipinski definition) is 1. The van der Waals surface area contributed by atoms with Crippen LogP contribution in [0, 0.1) is 6.92 Å². The van der Waals surface area contributed by atoms with Crippen molar-refractivity contribution in [1.29, 1.82) is 0 Å². The van der Waals surface area contributed by atoms with Gasteiger partial charge in [0.25, 0.3) is 5.79 Å². The van der Waals surface area contributed by atoms with Crippen LogP contribution < -0.4 is 9.47 Å². The van der Waals surface area contributed by atoms with Gasteiger partial charge in [0.05, 0.1) is 12.7 Å². The summed E-state index contributed by atoms with van der Waals surface area (Å²) in [6, 6.07) is 28.4. The number of hydrogen-bond acceptors (Lipinski definition) is 5. The van der Waals surface area contributed by atoms with Crippen molar-refractivity contribution in [3.8, 4) is 33.8 Å². The molecule has 1 aliphatic heterocycles. The summed E-state index contributed by atoms with van der Waals surface area (Å²) >= 11 is 0. The van der Waals surface area contributed by atoms with Crippen molar-refractivity contribution in [2.24, 2.45) is 0 Å². The molecule has 0 amide bonds. The highest BCUT2D eigenvalue weighted by molar-refractivity contribution is 5.97. The summed E-state index contributed by atoms with van der Waals surface area (Å²) < 4.78 is 16.9. The van der Waals surface area contributed by atoms with E-state index in [1.165, 1.54) is 7.11 Å². The van der Waals surface area contributed by atoms with E-state index in [1.54, 1.807) is 24.3 Å². The Kier molecular flexibility index (Phi) is 5.56. The molecule has 1 unspecified atom stereocenters. The number of ether oxygens (including phenoxy) is 3. The lowest BCUT2D eigenvalue weighted by Crippen LogP contribution is -2.42. The summed E-state index contributed by atoms with van der Waals surface area (Å²) in [4.78, 5) is 12.2. The zero-order valence-electron chi connectivity index (χ0n) is 18.9. The summed E-state index contributed by atoms with van der Waals surface area (Å²) in [5, 5.41) is 11.4. The van der Waals surface area contributed by atoms with E-state index >= 15 is 0 Å². The molecule has 5 nitrogen and oxygen atoms in total. The van der Waals surface area contributed by atoms with Gasteiger partial charge in [-0.3, -0.25) is 0 Å². The normalized spacial score (nSPS) is 16.7. The van der Waals surface area contributed by atoms with E-state index < -0.39 is 11.8 Å². The van der Waals surface area contributed by atoms with E-state index in [0.717, 1.165) is 22.3 Å². The van der Waals surface area contributed by atoms with Crippen LogP contribution >= 0.6 is 0 Å². The second kappa shape index (κ2) is 8.69. The molecule has 0 aliphatic carbocycles. The van der Waals surface area contributed by atoms with Crippen LogP contribution in [-0.4, -0.2) is 24.8 Å². The largest absolute Gasteiger partial charge is 0.482 e. The number of esters is 1. The number of aliphatic hydroxyl groups is 1. The van der Waals surface area contributed by atoms with E-state index in [1.807, 2.05) is 67.6 Å². The second-order valence-electron chi connectivity index (χ2n) is 8.32. The van der Waals surface area contributed by atoms with Crippen molar-refractivity contribution in [3.63, 3.8) is 0 Å². The average Bonchev–Trinajstić information content (AvgIpc) is 2.88. The first-order valence-corrected chi connectivity index (χ1v) is 11.0. The SMILES string of the molecule is COC(=O)c1ccccc1-c1ccc2c(c1)OC(O)(c1cccc(-c3cccc(C)c3)c1)CO2. The highest BCUT2D eigenvalue weighted by Gasteiger charge is 2.38. The maximum absolute atomic E-state index is 12.2. The van der Waals surface area contributed by atoms with Crippen LogP contribution in [0.25, 0.3) is 22.3 Å². The van der Waals surface area contributed by atoms with Crippen LogP contribution in [0.4, 0.5) is 0 Å². The van der Waals surface area contributed by atoms with Crippen molar-refractivity contribution in [2.75, 3.05) is 13.7 Å². The smallest absolute Gasteiger partial charge is 0.338 e. The number of rotatable bonds is 4. The molecule has 0 spiro atoms. The summed E-state index contributed by atoms with van der Waals surface area (Å²) in [6.45, 7) is 2.00. The number of benzene rings is 4. The summed E-state index contributed by atoms with van der Waals surface area (Å²) in [6.07, 6.45) is 0. The van der Waals surface area contributed by atoms with Crippen LogP contribution in [0.2, 0.25) is 0 Å². The molecule has 1 heterocycles. The third-order valence-corrected chi connectivity index (χ3v) is 5.95. The van der Waals surface area contributed by atoms with Gasteiger partial charge in [-0.25, -0.2) is 4.79 Å². The van der Waals surface area contributed by atoms with Gasteiger partial charge in [0, 0.05) is 5.56 Å². The van der Waals surface area contributed by atoms with Crippen LogP contribution in [0.15, 0.2) is 91.0 Å². The van der Waals surface area contributed by atoms with E-state index in [2.05, 4.69) is 6.07 Å². The number of fused-ring (bicyclic) bond motifs is 1. The van der Waals surface area contributed by atoms with E-state index in [-0.39, 0.29) is 6.61 Å². The molecule has 0 saturated heterocycles. The molecule has 0 saturated carbocycles. The number of carbonyl (C=O) groups is 1. The molecule has 4 aromatic carbocycles. The predicted molar refractivity (Wildman–Crippen MR) is 130 cm³/mol. The average molecular weight is 453 g/mol. The number of methoxy groups -OCH3 is 1. The number of aryl methyl sites for hydroxylation is 1. The minimum Gasteiger partial charge on any atom is -0.482 e. The zero-order valence-corrected chi connectivity index (χ0v) is 18.9. The van der Waals surface area contributed by atoms with Crippen molar-refractivity contribution in [1.82, 2.24) is 0 Å². The van der Waals surface area contributed by atoms with Gasteiger partial charge in [-0.15, -0.1) is 0 Å². The number of carbonyl (C=O) groups excluding carboxylic acids is 1. The Labute approximate surface area is 198 Å². The van der Waals surface area contributed by atoms with Gasteiger partial charge in [0.1, 0.15) is 0 Å². The molecule has 1 atom stereocenters. The zero-order chi connectivity index (χ0) is 23.7. The maximum atomic E-state index is 12.2. The van der Waals surface area contributed by atoms with Gasteiger partial charge in [-0.05, 0) is 53.4 Å². The molecule has 1 aliphatic rings. The van der Waals surface area contributed by atoms with Gasteiger partial charge in [0.2, 0.25) is 0 Å². The lowest BCUT2D eigenvalue weighted by atomic mass is 9.97. The third-order valence-electron chi connectivity index (χ3n) is 5.95. The van der Waals surface area contributed by atoms with Crippen LogP contribution in [0.5, 0.6) is 11.5 Å². The highest BCUT2D eigenvalue weighted by atomic mass is 16.7. The van der Waals surface area contributed by atoms with Crippen LogP contribution in [-0.2, 0) is 10.5 Å². The molecule has 0 aromatic heterocycles. The Morgan fingerprint density at radius 2 is 1.62 bits per heavy atom. The molecule has 34 heavy (non-hydrogen) atoms. The molecule has 0 fully saturated rings. The van der Waals surface area contributed by atoms with Crippen molar-refractivity contribution in [2.45, 2.75) is 12.7 Å². The van der Waals surface area contributed by atoms with Gasteiger partial charge in [0.15, 0.2) is 18.1 Å². The summed E-state index contributed by atoms with van der Waals surface area (Å²) in [7, 11) is 1.36. The minimum atomic E-state index is -1.66. The van der Waals surface area contributed by atoms with Crippen molar-refractivity contribution in [3.05, 3.63) is 108 Å². The fraction of sp³-hybridized carbons (Fsp3) is 0.138. The Morgan fingerprint density at radius 1 is 0.853 bits per heavy atom. The van der Waals surface area contributed by atoms with Crippen molar-refractivity contribution >= 4 is 5.97 Å². The Balaban J connectivity index is 1.50. The van der Waals surface area contributed by atoms with E-state index in [4.69, 9.17) is 14.2 Å². The summed E-state index contributed by atoms with van der Waals surface area (Å²) in [5.41, 5.74) is 5.69. The standard InChI is InChI=1S/C29H24O5/c1-19-7-5-8-20(15-19)21-9-6-10-23(16-21)29(31)18-33-26-14-13-22(17-27(26)34-29)24-11-3-4-12-25(24)28(30)32-2/h3-17,31H,18H2,1-2H3. The third kappa shape index (κ3) is 4.02. The first-order chi connectivity index (χ1) is 16.5. The molecular formula is C29H24O5. The van der Waals surface area contributed by atoms with Crippen LogP contribution in [0.3, 0.4) is 0 Å². The molecule has 0 bridgehead atoms. The predicted octanol–water partition coefficient (Wildman–Crippen LogP) is 5.73. The quantitative estimate of drug-likeness (QED) is 0.401. The van der Waals surface area contributed by atoms with Crippen molar-refractivity contribution < 1.29 is 24.1 Å². The van der Waals surface area contributed by atoms with E-state index in [0.29, 0.717) is 28.2 Å². The topological polar surface area (TPSA) is 65.0 Å². The molecule has 4 aromatic rings. The lowest BCUT2D eigenvalue weighted by molar-refractivity contribution is -0.182. The first-order valence-electron chi connectivity index (χ1n) is 11.0. The van der Waals surface area contributed by atoms with Gasteiger partial charge >= 0.3 is 5.97 Å².